The molecule has 0 heterocycles. The minimum Gasteiger partial charge on any atom is -0.493 e. The smallest absolute Gasteiger partial charge is 0.261 e. The normalized spacial score (nSPS) is 12.0. The first-order valence-corrected chi connectivity index (χ1v) is 10.1. The van der Waals surface area contributed by atoms with E-state index in [4.69, 9.17) is 14.2 Å². The van der Waals surface area contributed by atoms with Crippen molar-refractivity contribution < 1.29 is 19.0 Å². The van der Waals surface area contributed by atoms with E-state index in [0.29, 0.717) is 24.0 Å². The molecule has 158 valence electrons. The second kappa shape index (κ2) is 10.2. The van der Waals surface area contributed by atoms with Crippen molar-refractivity contribution in [3.63, 3.8) is 0 Å². The highest BCUT2D eigenvalue weighted by atomic mass is 16.5. The number of benzene rings is 2. The molecule has 2 aromatic rings. The standard InChI is InChI=1S/C24H33NO4/c1-15(2)20-10-8-17(5)12-22(20)29-18(6)24(26)25-14-19-9-11-21(28-16(3)4)23(13-19)27-7/h8-13,15-16,18H,14H2,1-7H3,(H,25,26)/t18-/m0/s1. The Morgan fingerprint density at radius 3 is 2.28 bits per heavy atom. The second-order valence-corrected chi connectivity index (χ2v) is 7.83. The van der Waals surface area contributed by atoms with Crippen LogP contribution >= 0.6 is 0 Å². The average molecular weight is 400 g/mol. The molecule has 0 bridgehead atoms. The van der Waals surface area contributed by atoms with Crippen LogP contribution in [0.3, 0.4) is 0 Å². The molecule has 0 aliphatic carbocycles. The minimum atomic E-state index is -0.597. The lowest BCUT2D eigenvalue weighted by atomic mass is 10.0. The van der Waals surface area contributed by atoms with Gasteiger partial charge in [-0.05, 0) is 68.5 Å². The largest absolute Gasteiger partial charge is 0.493 e. The predicted molar refractivity (Wildman–Crippen MR) is 116 cm³/mol. The summed E-state index contributed by atoms with van der Waals surface area (Å²) in [4.78, 5) is 12.6. The molecule has 1 amide bonds. The van der Waals surface area contributed by atoms with Gasteiger partial charge in [-0.25, -0.2) is 0 Å². The summed E-state index contributed by atoms with van der Waals surface area (Å²) >= 11 is 0. The van der Waals surface area contributed by atoms with Crippen molar-refractivity contribution in [1.82, 2.24) is 5.32 Å². The summed E-state index contributed by atoms with van der Waals surface area (Å²) in [5.74, 6) is 2.26. The molecule has 29 heavy (non-hydrogen) atoms. The maximum Gasteiger partial charge on any atom is 0.261 e. The summed E-state index contributed by atoms with van der Waals surface area (Å²) in [7, 11) is 1.61. The van der Waals surface area contributed by atoms with E-state index in [-0.39, 0.29) is 12.0 Å². The molecule has 0 saturated carbocycles. The van der Waals surface area contributed by atoms with Gasteiger partial charge in [-0.3, -0.25) is 4.79 Å². The Morgan fingerprint density at radius 1 is 0.931 bits per heavy atom. The van der Waals surface area contributed by atoms with Crippen molar-refractivity contribution in [2.45, 2.75) is 66.2 Å². The van der Waals surface area contributed by atoms with Crippen molar-refractivity contribution in [2.24, 2.45) is 0 Å². The van der Waals surface area contributed by atoms with Crippen LogP contribution in [0.2, 0.25) is 0 Å². The predicted octanol–water partition coefficient (Wildman–Crippen LogP) is 5.00. The molecule has 0 fully saturated rings. The first kappa shape index (κ1) is 22.6. The Labute approximate surface area is 174 Å². The van der Waals surface area contributed by atoms with Crippen LogP contribution in [0.15, 0.2) is 36.4 Å². The molecule has 0 aliphatic heterocycles. The Morgan fingerprint density at radius 2 is 1.66 bits per heavy atom. The molecule has 0 radical (unpaired) electrons. The lowest BCUT2D eigenvalue weighted by Crippen LogP contribution is -2.36. The second-order valence-electron chi connectivity index (χ2n) is 7.83. The molecule has 0 unspecified atom stereocenters. The van der Waals surface area contributed by atoms with Gasteiger partial charge in [0.25, 0.3) is 5.91 Å². The van der Waals surface area contributed by atoms with Crippen molar-refractivity contribution >= 4 is 5.91 Å². The number of aryl methyl sites for hydroxylation is 1. The van der Waals surface area contributed by atoms with Crippen molar-refractivity contribution in [1.29, 1.82) is 0 Å². The van der Waals surface area contributed by atoms with Crippen LogP contribution in [0, 0.1) is 6.92 Å². The fourth-order valence-corrected chi connectivity index (χ4v) is 2.97. The van der Waals surface area contributed by atoms with Gasteiger partial charge < -0.3 is 19.5 Å². The van der Waals surface area contributed by atoms with Crippen molar-refractivity contribution in [3.8, 4) is 17.2 Å². The van der Waals surface area contributed by atoms with Gasteiger partial charge in [0.05, 0.1) is 13.2 Å². The Balaban J connectivity index is 2.01. The van der Waals surface area contributed by atoms with E-state index in [1.54, 1.807) is 14.0 Å². The van der Waals surface area contributed by atoms with Gasteiger partial charge in [0.15, 0.2) is 17.6 Å². The zero-order valence-electron chi connectivity index (χ0n) is 18.5. The van der Waals surface area contributed by atoms with Gasteiger partial charge in [0, 0.05) is 6.54 Å². The zero-order valence-corrected chi connectivity index (χ0v) is 18.5. The Hall–Kier alpha value is -2.69. The first-order valence-electron chi connectivity index (χ1n) is 10.1. The van der Waals surface area contributed by atoms with Crippen LogP contribution in [-0.4, -0.2) is 25.2 Å². The lowest BCUT2D eigenvalue weighted by Gasteiger charge is -2.19. The summed E-state index contributed by atoms with van der Waals surface area (Å²) in [6, 6.07) is 11.8. The van der Waals surface area contributed by atoms with E-state index in [1.165, 1.54) is 0 Å². The van der Waals surface area contributed by atoms with Gasteiger partial charge in [-0.2, -0.15) is 0 Å². The van der Waals surface area contributed by atoms with Crippen molar-refractivity contribution in [2.75, 3.05) is 7.11 Å². The summed E-state index contributed by atoms with van der Waals surface area (Å²) in [5.41, 5.74) is 3.13. The molecular weight excluding hydrogens is 366 g/mol. The summed E-state index contributed by atoms with van der Waals surface area (Å²) in [6.45, 7) is 12.3. The van der Waals surface area contributed by atoms with E-state index in [1.807, 2.05) is 45.0 Å². The minimum absolute atomic E-state index is 0.0600. The number of rotatable bonds is 9. The molecular formula is C24H33NO4. The number of hydrogen-bond donors (Lipinski definition) is 1. The van der Waals surface area contributed by atoms with Gasteiger partial charge in [-0.1, -0.05) is 32.0 Å². The van der Waals surface area contributed by atoms with Gasteiger partial charge in [0.1, 0.15) is 5.75 Å². The number of methoxy groups -OCH3 is 1. The van der Waals surface area contributed by atoms with E-state index >= 15 is 0 Å². The third-order valence-electron chi connectivity index (χ3n) is 4.52. The monoisotopic (exact) mass is 399 g/mol. The van der Waals surface area contributed by atoms with E-state index in [0.717, 1.165) is 22.4 Å². The number of carbonyl (C=O) groups excluding carboxylic acids is 1. The fourth-order valence-electron chi connectivity index (χ4n) is 2.97. The van der Waals surface area contributed by atoms with Crippen LogP contribution in [0.5, 0.6) is 17.2 Å². The third-order valence-corrected chi connectivity index (χ3v) is 4.52. The molecule has 0 aliphatic rings. The van der Waals surface area contributed by atoms with E-state index < -0.39 is 6.10 Å². The summed E-state index contributed by atoms with van der Waals surface area (Å²) in [5, 5.41) is 2.93. The number of hydrogen-bond acceptors (Lipinski definition) is 4. The number of carbonyl (C=O) groups is 1. The molecule has 2 aromatic carbocycles. The van der Waals surface area contributed by atoms with Crippen LogP contribution in [0.1, 0.15) is 57.2 Å². The molecule has 5 heteroatoms. The maximum absolute atomic E-state index is 12.6. The molecule has 1 N–H and O–H groups in total. The van der Waals surface area contributed by atoms with Crippen molar-refractivity contribution in [3.05, 3.63) is 53.1 Å². The number of nitrogens with one attached hydrogen (secondary N) is 1. The molecule has 2 rings (SSSR count). The van der Waals surface area contributed by atoms with Crippen LogP contribution in [-0.2, 0) is 11.3 Å². The van der Waals surface area contributed by atoms with Gasteiger partial charge in [0.2, 0.25) is 0 Å². The number of amides is 1. The zero-order chi connectivity index (χ0) is 21.6. The lowest BCUT2D eigenvalue weighted by molar-refractivity contribution is -0.127. The Kier molecular flexibility index (Phi) is 7.94. The highest BCUT2D eigenvalue weighted by Crippen LogP contribution is 2.30. The third kappa shape index (κ3) is 6.41. The van der Waals surface area contributed by atoms with E-state index in [2.05, 4.69) is 31.3 Å². The Bertz CT molecular complexity index is 830. The first-order chi connectivity index (χ1) is 13.7. The molecule has 0 spiro atoms. The maximum atomic E-state index is 12.6. The van der Waals surface area contributed by atoms with Gasteiger partial charge in [-0.15, -0.1) is 0 Å². The van der Waals surface area contributed by atoms with Gasteiger partial charge >= 0.3 is 0 Å². The number of ether oxygens (including phenoxy) is 3. The fraction of sp³-hybridized carbons (Fsp3) is 0.458. The summed E-state index contributed by atoms with van der Waals surface area (Å²) < 4.78 is 17.1. The summed E-state index contributed by atoms with van der Waals surface area (Å²) in [6.07, 6.45) is -0.537. The quantitative estimate of drug-likeness (QED) is 0.645. The topological polar surface area (TPSA) is 56.8 Å². The van der Waals surface area contributed by atoms with Crippen LogP contribution < -0.4 is 19.5 Å². The highest BCUT2D eigenvalue weighted by Gasteiger charge is 2.18. The molecule has 5 nitrogen and oxygen atoms in total. The average Bonchev–Trinajstić information content (AvgIpc) is 2.66. The molecule has 0 saturated heterocycles. The SMILES string of the molecule is COc1cc(CNC(=O)[C@H](C)Oc2cc(C)ccc2C(C)C)ccc1OC(C)C. The highest BCUT2D eigenvalue weighted by molar-refractivity contribution is 5.80. The van der Waals surface area contributed by atoms with Crippen LogP contribution in [0.25, 0.3) is 0 Å². The van der Waals surface area contributed by atoms with Crippen LogP contribution in [0.4, 0.5) is 0 Å². The molecule has 0 aromatic heterocycles. The molecule has 1 atom stereocenters. The van der Waals surface area contributed by atoms with E-state index in [9.17, 15) is 4.79 Å².